The molecule has 0 spiro atoms. The molecule has 0 amide bonds. The second-order valence-electron chi connectivity index (χ2n) is 2.03. The third kappa shape index (κ3) is 3.02. The van der Waals surface area contributed by atoms with E-state index in [9.17, 15) is 0 Å². The van der Waals surface area contributed by atoms with E-state index in [2.05, 4.69) is 35.0 Å². The fourth-order valence-corrected chi connectivity index (χ4v) is 0.632. The highest BCUT2D eigenvalue weighted by Crippen LogP contribution is 1.94. The average molecular weight is 119 g/mol. The first-order valence-corrected chi connectivity index (χ1v) is 3.40. The van der Waals surface area contributed by atoms with Gasteiger partial charge >= 0.3 is 0 Å². The molecule has 0 aromatic carbocycles. The third-order valence-corrected chi connectivity index (χ3v) is 1.75. The molecule has 44 valence electrons. The molecule has 0 aliphatic rings. The van der Waals surface area contributed by atoms with Crippen molar-refractivity contribution >= 4 is 9.24 Å². The van der Waals surface area contributed by atoms with Crippen LogP contribution in [0.15, 0.2) is 0 Å². The van der Waals surface area contributed by atoms with Crippen LogP contribution in [-0.2, 0) is 0 Å². The lowest BCUT2D eigenvalue weighted by atomic mass is 10.4. The van der Waals surface area contributed by atoms with Crippen LogP contribution in [0.5, 0.6) is 0 Å². The molecular weight excluding hydrogens is 105 g/mol. The Bertz CT molecular complexity index is 45.3. The highest BCUT2D eigenvalue weighted by atomic mass is 31.0. The first-order chi connectivity index (χ1) is 3.18. The first-order valence-electron chi connectivity index (χ1n) is 2.58. The molecule has 0 heterocycles. The molecule has 1 nitrogen and oxygen atoms in total. The second-order valence-corrected chi connectivity index (χ2v) is 2.40. The maximum Gasteiger partial charge on any atom is 0.0126 e. The average Bonchev–Trinajstić information content (AvgIpc) is 1.65. The van der Waals surface area contributed by atoms with Crippen molar-refractivity contribution in [1.82, 2.24) is 4.90 Å². The van der Waals surface area contributed by atoms with Crippen LogP contribution >= 0.6 is 9.24 Å². The summed E-state index contributed by atoms with van der Waals surface area (Å²) in [6, 6.07) is 0.678. The molecule has 7 heavy (non-hydrogen) atoms. The number of rotatable bonds is 2. The van der Waals surface area contributed by atoms with Crippen molar-refractivity contribution in [3.8, 4) is 0 Å². The minimum absolute atomic E-state index is 0.678. The third-order valence-electron chi connectivity index (χ3n) is 1.17. The van der Waals surface area contributed by atoms with Crippen LogP contribution in [0.4, 0.5) is 0 Å². The summed E-state index contributed by atoms with van der Waals surface area (Å²) < 4.78 is 0. The van der Waals surface area contributed by atoms with Gasteiger partial charge in [0.2, 0.25) is 0 Å². The minimum Gasteiger partial charge on any atom is -0.300 e. The smallest absolute Gasteiger partial charge is 0.0126 e. The summed E-state index contributed by atoms with van der Waals surface area (Å²) in [5.41, 5.74) is 0. The quantitative estimate of drug-likeness (QED) is 0.493. The maximum absolute atomic E-state index is 2.69. The van der Waals surface area contributed by atoms with Gasteiger partial charge in [0, 0.05) is 12.3 Å². The van der Waals surface area contributed by atoms with Gasteiger partial charge in [-0.25, -0.2) is 0 Å². The molecular formula is C5H14NP. The van der Waals surface area contributed by atoms with Crippen molar-refractivity contribution in [3.05, 3.63) is 0 Å². The summed E-state index contributed by atoms with van der Waals surface area (Å²) in [4.78, 5) is 2.25. The van der Waals surface area contributed by atoms with Crippen molar-refractivity contribution in [3.63, 3.8) is 0 Å². The van der Waals surface area contributed by atoms with Crippen molar-refractivity contribution in [2.45, 2.75) is 19.9 Å². The molecule has 0 radical (unpaired) electrons. The first kappa shape index (κ1) is 7.39. The monoisotopic (exact) mass is 119 g/mol. The second kappa shape index (κ2) is 3.40. The summed E-state index contributed by atoms with van der Waals surface area (Å²) in [5, 5.41) is 0. The van der Waals surface area contributed by atoms with Gasteiger partial charge in [-0.05, 0) is 20.9 Å². The summed E-state index contributed by atoms with van der Waals surface area (Å²) in [7, 11) is 4.80. The fourth-order valence-electron chi connectivity index (χ4n) is 0.211. The van der Waals surface area contributed by atoms with Gasteiger partial charge in [0.25, 0.3) is 0 Å². The molecule has 0 aliphatic heterocycles. The number of hydrogen-bond donors (Lipinski definition) is 0. The van der Waals surface area contributed by atoms with Crippen LogP contribution in [-0.4, -0.2) is 24.3 Å². The number of hydrogen-bond acceptors (Lipinski definition) is 1. The van der Waals surface area contributed by atoms with Gasteiger partial charge in [0.1, 0.15) is 0 Å². The molecule has 0 aromatic rings. The molecule has 0 aliphatic carbocycles. The van der Waals surface area contributed by atoms with Crippen molar-refractivity contribution < 1.29 is 0 Å². The van der Waals surface area contributed by atoms with Crippen molar-refractivity contribution in [2.24, 2.45) is 0 Å². The fraction of sp³-hybridized carbons (Fsp3) is 1.00. The van der Waals surface area contributed by atoms with Gasteiger partial charge in [0.05, 0.1) is 0 Å². The van der Waals surface area contributed by atoms with Crippen molar-refractivity contribution in [1.29, 1.82) is 0 Å². The van der Waals surface area contributed by atoms with Crippen LogP contribution in [0.1, 0.15) is 13.8 Å². The van der Waals surface area contributed by atoms with E-state index in [0.29, 0.717) is 6.04 Å². The van der Waals surface area contributed by atoms with Crippen molar-refractivity contribution in [2.75, 3.05) is 13.3 Å². The topological polar surface area (TPSA) is 3.24 Å². The molecule has 2 heteroatoms. The van der Waals surface area contributed by atoms with Gasteiger partial charge in [0.15, 0.2) is 0 Å². The van der Waals surface area contributed by atoms with Gasteiger partial charge in [-0.15, -0.1) is 9.24 Å². The molecule has 1 unspecified atom stereocenters. The Kier molecular flexibility index (Phi) is 3.59. The van der Waals surface area contributed by atoms with Crippen LogP contribution < -0.4 is 0 Å². The Morgan fingerprint density at radius 3 is 2.00 bits per heavy atom. The van der Waals surface area contributed by atoms with E-state index in [1.54, 1.807) is 0 Å². The Morgan fingerprint density at radius 1 is 1.57 bits per heavy atom. The highest BCUT2D eigenvalue weighted by Gasteiger charge is 1.95. The number of nitrogens with zero attached hydrogens (tertiary/aromatic N) is 1. The summed E-state index contributed by atoms with van der Waals surface area (Å²) >= 11 is 0. The molecule has 0 fully saturated rings. The standard InChI is InChI=1S/C5H14NP/c1-5(2)6(3)4-7/h5H,4,7H2,1-3H3. The van der Waals surface area contributed by atoms with Crippen LogP contribution in [0.25, 0.3) is 0 Å². The van der Waals surface area contributed by atoms with Gasteiger partial charge in [-0.1, -0.05) is 0 Å². The predicted molar refractivity (Wildman–Crippen MR) is 37.5 cm³/mol. The van der Waals surface area contributed by atoms with E-state index in [1.165, 1.54) is 0 Å². The lowest BCUT2D eigenvalue weighted by molar-refractivity contribution is 0.321. The van der Waals surface area contributed by atoms with Gasteiger partial charge in [-0.2, -0.15) is 0 Å². The zero-order valence-corrected chi connectivity index (χ0v) is 6.46. The Morgan fingerprint density at radius 2 is 2.00 bits per heavy atom. The summed E-state index contributed by atoms with van der Waals surface area (Å²) in [6.45, 7) is 4.37. The normalized spacial score (nSPS) is 11.1. The van der Waals surface area contributed by atoms with E-state index < -0.39 is 0 Å². The Hall–Kier alpha value is 0.390. The Balaban J connectivity index is 3.14. The van der Waals surface area contributed by atoms with E-state index in [0.717, 1.165) is 6.29 Å². The molecule has 0 N–H and O–H groups in total. The van der Waals surface area contributed by atoms with Gasteiger partial charge < -0.3 is 4.90 Å². The molecule has 0 aromatic heterocycles. The largest absolute Gasteiger partial charge is 0.300 e. The van der Waals surface area contributed by atoms with E-state index in [1.807, 2.05) is 0 Å². The minimum atomic E-state index is 0.678. The molecule has 0 saturated carbocycles. The van der Waals surface area contributed by atoms with Crippen LogP contribution in [0, 0.1) is 0 Å². The molecule has 0 bridgehead atoms. The maximum atomic E-state index is 2.69. The van der Waals surface area contributed by atoms with E-state index in [4.69, 9.17) is 0 Å². The zero-order chi connectivity index (χ0) is 5.86. The van der Waals surface area contributed by atoms with E-state index in [-0.39, 0.29) is 0 Å². The molecule has 1 atom stereocenters. The van der Waals surface area contributed by atoms with Gasteiger partial charge in [-0.3, -0.25) is 0 Å². The highest BCUT2D eigenvalue weighted by molar-refractivity contribution is 7.16. The summed E-state index contributed by atoms with van der Waals surface area (Å²) in [5.74, 6) is 0. The lowest BCUT2D eigenvalue weighted by Crippen LogP contribution is -2.23. The summed E-state index contributed by atoms with van der Waals surface area (Å²) in [6.07, 6.45) is 1.07. The lowest BCUT2D eigenvalue weighted by Gasteiger charge is -2.17. The SMILES string of the molecule is CC(C)N(C)CP. The van der Waals surface area contributed by atoms with Crippen LogP contribution in [0.2, 0.25) is 0 Å². The predicted octanol–water partition coefficient (Wildman–Crippen LogP) is 1.16. The molecule has 0 saturated heterocycles. The van der Waals surface area contributed by atoms with E-state index >= 15 is 0 Å². The van der Waals surface area contributed by atoms with Crippen LogP contribution in [0.3, 0.4) is 0 Å². The molecule has 0 rings (SSSR count). The Labute approximate surface area is 48.3 Å². The zero-order valence-electron chi connectivity index (χ0n) is 5.31.